The van der Waals surface area contributed by atoms with Crippen LogP contribution in [0.1, 0.15) is 21.9 Å². The average molecular weight is 231 g/mol. The second kappa shape index (κ2) is 4.37. The van der Waals surface area contributed by atoms with Crippen LogP contribution in [0.15, 0.2) is 18.3 Å². The number of carbonyl (C=O) groups excluding carboxylic acids is 1. The first-order valence-electron chi connectivity index (χ1n) is 5.19. The Morgan fingerprint density at radius 2 is 2.18 bits per heavy atom. The van der Waals surface area contributed by atoms with E-state index in [-0.39, 0.29) is 0 Å². The van der Waals surface area contributed by atoms with Crippen LogP contribution in [-0.2, 0) is 4.74 Å². The first-order chi connectivity index (χ1) is 8.11. The molecule has 0 unspecified atom stereocenters. The van der Waals surface area contributed by atoms with Gasteiger partial charge < -0.3 is 9.72 Å². The van der Waals surface area contributed by atoms with Crippen molar-refractivity contribution < 1.29 is 9.53 Å². The summed E-state index contributed by atoms with van der Waals surface area (Å²) in [7, 11) is 1.34. The second-order valence-electron chi connectivity index (χ2n) is 3.74. The summed E-state index contributed by atoms with van der Waals surface area (Å²) in [5.41, 5.74) is 2.81. The van der Waals surface area contributed by atoms with Gasteiger partial charge in [-0.25, -0.2) is 9.78 Å². The molecule has 2 aromatic heterocycles. The fourth-order valence-corrected chi connectivity index (χ4v) is 1.59. The highest BCUT2D eigenvalue weighted by atomic mass is 16.5. The number of aryl methyl sites for hydroxylation is 2. The van der Waals surface area contributed by atoms with E-state index in [4.69, 9.17) is 0 Å². The van der Waals surface area contributed by atoms with Crippen molar-refractivity contribution in [2.24, 2.45) is 0 Å². The van der Waals surface area contributed by atoms with E-state index in [1.807, 2.05) is 19.1 Å². The number of pyridine rings is 1. The lowest BCUT2D eigenvalue weighted by molar-refractivity contribution is 0.0594. The molecule has 0 bridgehead atoms. The summed E-state index contributed by atoms with van der Waals surface area (Å²) in [6.45, 7) is 3.69. The van der Waals surface area contributed by atoms with Crippen molar-refractivity contribution >= 4 is 5.97 Å². The number of rotatable bonds is 2. The molecule has 1 N–H and O–H groups in total. The molecule has 2 rings (SSSR count). The molecule has 0 atom stereocenters. The second-order valence-corrected chi connectivity index (χ2v) is 3.74. The van der Waals surface area contributed by atoms with E-state index in [9.17, 15) is 4.79 Å². The molecule has 17 heavy (non-hydrogen) atoms. The summed E-state index contributed by atoms with van der Waals surface area (Å²) in [6.07, 6.45) is 1.71. The maximum absolute atomic E-state index is 11.4. The SMILES string of the molecule is COC(=O)c1nc(-c2ccnc(C)c2)[nH]c1C. The van der Waals surface area contributed by atoms with Crippen molar-refractivity contribution in [2.45, 2.75) is 13.8 Å². The van der Waals surface area contributed by atoms with Gasteiger partial charge in [-0.05, 0) is 26.0 Å². The predicted molar refractivity (Wildman–Crippen MR) is 62.6 cm³/mol. The zero-order valence-electron chi connectivity index (χ0n) is 9.94. The van der Waals surface area contributed by atoms with Crippen LogP contribution >= 0.6 is 0 Å². The first kappa shape index (κ1) is 11.3. The number of esters is 1. The quantitative estimate of drug-likeness (QED) is 0.801. The minimum absolute atomic E-state index is 0.317. The standard InChI is InChI=1S/C12H13N3O2/c1-7-6-9(4-5-13-7)11-14-8(2)10(15-11)12(16)17-3/h4-6H,1-3H3,(H,14,15). The van der Waals surface area contributed by atoms with Gasteiger partial charge in [0.25, 0.3) is 0 Å². The number of hydrogen-bond donors (Lipinski definition) is 1. The molecule has 5 nitrogen and oxygen atoms in total. The Morgan fingerprint density at radius 1 is 1.41 bits per heavy atom. The van der Waals surface area contributed by atoms with Gasteiger partial charge >= 0.3 is 5.97 Å². The van der Waals surface area contributed by atoms with Crippen LogP contribution in [-0.4, -0.2) is 28.0 Å². The highest BCUT2D eigenvalue weighted by molar-refractivity contribution is 5.89. The number of ether oxygens (including phenoxy) is 1. The van der Waals surface area contributed by atoms with Crippen molar-refractivity contribution in [2.75, 3.05) is 7.11 Å². The van der Waals surface area contributed by atoms with Crippen molar-refractivity contribution in [3.8, 4) is 11.4 Å². The zero-order chi connectivity index (χ0) is 12.4. The Kier molecular flexibility index (Phi) is 2.91. The van der Waals surface area contributed by atoms with E-state index < -0.39 is 5.97 Å². The number of carbonyl (C=O) groups is 1. The van der Waals surface area contributed by atoms with Crippen LogP contribution in [0.4, 0.5) is 0 Å². The van der Waals surface area contributed by atoms with Crippen LogP contribution < -0.4 is 0 Å². The molecule has 0 aliphatic carbocycles. The van der Waals surface area contributed by atoms with Gasteiger partial charge in [0.1, 0.15) is 5.82 Å². The van der Waals surface area contributed by atoms with E-state index in [2.05, 4.69) is 19.7 Å². The Morgan fingerprint density at radius 3 is 2.82 bits per heavy atom. The minimum Gasteiger partial charge on any atom is -0.464 e. The number of nitrogens with one attached hydrogen (secondary N) is 1. The van der Waals surface area contributed by atoms with E-state index in [0.29, 0.717) is 17.2 Å². The third kappa shape index (κ3) is 2.18. The van der Waals surface area contributed by atoms with Crippen LogP contribution in [0.5, 0.6) is 0 Å². The third-order valence-corrected chi connectivity index (χ3v) is 2.43. The maximum Gasteiger partial charge on any atom is 0.358 e. The Balaban J connectivity index is 2.44. The molecule has 2 aromatic rings. The van der Waals surface area contributed by atoms with Crippen LogP contribution in [0.3, 0.4) is 0 Å². The summed E-state index contributed by atoms with van der Waals surface area (Å²) < 4.78 is 4.66. The lowest BCUT2D eigenvalue weighted by Crippen LogP contribution is -2.03. The molecular formula is C12H13N3O2. The number of hydrogen-bond acceptors (Lipinski definition) is 4. The topological polar surface area (TPSA) is 67.9 Å². The fraction of sp³-hybridized carbons (Fsp3) is 0.250. The molecule has 0 aliphatic heterocycles. The Hall–Kier alpha value is -2.17. The van der Waals surface area contributed by atoms with Gasteiger partial charge in [-0.2, -0.15) is 0 Å². The number of H-pyrrole nitrogens is 1. The molecule has 0 aromatic carbocycles. The number of aromatic nitrogens is 3. The fourth-order valence-electron chi connectivity index (χ4n) is 1.59. The number of imidazole rings is 1. The molecule has 0 radical (unpaired) electrons. The maximum atomic E-state index is 11.4. The summed E-state index contributed by atoms with van der Waals surface area (Å²) in [4.78, 5) is 22.8. The molecular weight excluding hydrogens is 218 g/mol. The van der Waals surface area contributed by atoms with Gasteiger partial charge in [-0.1, -0.05) is 0 Å². The smallest absolute Gasteiger partial charge is 0.358 e. The summed E-state index contributed by atoms with van der Waals surface area (Å²) >= 11 is 0. The number of aromatic amines is 1. The molecule has 5 heteroatoms. The van der Waals surface area contributed by atoms with Crippen LogP contribution in [0.2, 0.25) is 0 Å². The average Bonchev–Trinajstić information content (AvgIpc) is 2.70. The minimum atomic E-state index is -0.434. The summed E-state index contributed by atoms with van der Waals surface area (Å²) in [6, 6.07) is 3.74. The van der Waals surface area contributed by atoms with Gasteiger partial charge in [-0.15, -0.1) is 0 Å². The molecule has 0 aliphatic rings. The highest BCUT2D eigenvalue weighted by Crippen LogP contribution is 2.18. The molecule has 88 valence electrons. The van der Waals surface area contributed by atoms with Crippen LogP contribution in [0.25, 0.3) is 11.4 Å². The lowest BCUT2D eigenvalue weighted by Gasteiger charge is -1.97. The molecule has 0 saturated carbocycles. The van der Waals surface area contributed by atoms with Gasteiger partial charge in [0.2, 0.25) is 0 Å². The highest BCUT2D eigenvalue weighted by Gasteiger charge is 2.15. The van der Waals surface area contributed by atoms with E-state index in [1.165, 1.54) is 7.11 Å². The normalized spacial score (nSPS) is 10.3. The van der Waals surface area contributed by atoms with Crippen LogP contribution in [0, 0.1) is 13.8 Å². The van der Waals surface area contributed by atoms with Gasteiger partial charge in [0.05, 0.1) is 7.11 Å². The summed E-state index contributed by atoms with van der Waals surface area (Å²) in [5, 5.41) is 0. The Labute approximate surface area is 98.9 Å². The lowest BCUT2D eigenvalue weighted by atomic mass is 10.2. The predicted octanol–water partition coefficient (Wildman–Crippen LogP) is 1.88. The van der Waals surface area contributed by atoms with Crippen molar-refractivity contribution in [3.05, 3.63) is 35.4 Å². The number of nitrogens with zero attached hydrogens (tertiary/aromatic N) is 2. The van der Waals surface area contributed by atoms with Gasteiger partial charge in [0.15, 0.2) is 5.69 Å². The molecule has 2 heterocycles. The van der Waals surface area contributed by atoms with Crippen molar-refractivity contribution in [1.82, 2.24) is 15.0 Å². The monoisotopic (exact) mass is 231 g/mol. The van der Waals surface area contributed by atoms with Gasteiger partial charge in [0, 0.05) is 23.1 Å². The molecule has 0 spiro atoms. The Bertz CT molecular complexity index is 561. The molecule has 0 amide bonds. The van der Waals surface area contributed by atoms with E-state index in [0.717, 1.165) is 11.3 Å². The van der Waals surface area contributed by atoms with E-state index >= 15 is 0 Å². The summed E-state index contributed by atoms with van der Waals surface area (Å²) in [5.74, 6) is 0.212. The first-order valence-corrected chi connectivity index (χ1v) is 5.19. The number of methoxy groups -OCH3 is 1. The largest absolute Gasteiger partial charge is 0.464 e. The molecule has 0 fully saturated rings. The third-order valence-electron chi connectivity index (χ3n) is 2.43. The van der Waals surface area contributed by atoms with Crippen molar-refractivity contribution in [1.29, 1.82) is 0 Å². The molecule has 0 saturated heterocycles. The van der Waals surface area contributed by atoms with Crippen molar-refractivity contribution in [3.63, 3.8) is 0 Å². The zero-order valence-corrected chi connectivity index (χ0v) is 9.94. The van der Waals surface area contributed by atoms with Gasteiger partial charge in [-0.3, -0.25) is 4.98 Å². The van der Waals surface area contributed by atoms with E-state index in [1.54, 1.807) is 13.1 Å².